The molecule has 0 rings (SSSR count). The monoisotopic (exact) mass is 316 g/mol. The second-order valence-electron chi connectivity index (χ2n) is 7.95. The molecule has 0 unspecified atom stereocenters. The first-order valence-electron chi connectivity index (χ1n) is 7.26. The van der Waals surface area contributed by atoms with Crippen molar-refractivity contribution in [2.75, 3.05) is 13.2 Å². The fourth-order valence-corrected chi connectivity index (χ4v) is 2.85. The molecular weight excluding hydrogens is 284 g/mol. The lowest BCUT2D eigenvalue weighted by atomic mass is 10.1. The first-order valence-corrected chi connectivity index (χ1v) is 13.7. The van der Waals surface area contributed by atoms with Crippen molar-refractivity contribution in [3.63, 3.8) is 0 Å². The van der Waals surface area contributed by atoms with Crippen LogP contribution in [-0.4, -0.2) is 45.9 Å². The minimum atomic E-state index is -1.85. The lowest BCUT2D eigenvalue weighted by Crippen LogP contribution is -2.43. The number of aliphatic hydroxyl groups excluding tert-OH is 2. The Balaban J connectivity index is 4.89. The summed E-state index contributed by atoms with van der Waals surface area (Å²) in [5, 5.41) is 19.2. The zero-order valence-corrected chi connectivity index (χ0v) is 16.4. The molecule has 0 saturated carbocycles. The van der Waals surface area contributed by atoms with Crippen molar-refractivity contribution >= 4 is 16.4 Å². The van der Waals surface area contributed by atoms with Gasteiger partial charge in [-0.1, -0.05) is 40.4 Å². The molecule has 2 N–H and O–H groups in total. The van der Waals surface area contributed by atoms with Crippen LogP contribution >= 0.6 is 0 Å². The maximum Gasteiger partial charge on any atom is 0.192 e. The average Bonchev–Trinajstić information content (AvgIpc) is 2.25. The Morgan fingerprint density at radius 3 is 1.95 bits per heavy atom. The average molecular weight is 317 g/mol. The third-order valence-corrected chi connectivity index (χ3v) is 9.11. The van der Waals surface area contributed by atoms with E-state index < -0.39 is 22.5 Å². The Labute approximate surface area is 126 Å². The third kappa shape index (κ3) is 7.05. The van der Waals surface area contributed by atoms with Crippen molar-refractivity contribution in [2.24, 2.45) is 5.92 Å². The normalized spacial score (nSPS) is 16.3. The molecule has 0 aliphatic carbocycles. The van der Waals surface area contributed by atoms with Crippen LogP contribution in [0.3, 0.4) is 0 Å². The highest BCUT2D eigenvalue weighted by Crippen LogP contribution is 2.36. The smallest absolute Gasteiger partial charge is 0.192 e. The molecule has 20 heavy (non-hydrogen) atoms. The van der Waals surface area contributed by atoms with Gasteiger partial charge < -0.3 is 14.6 Å². The molecule has 5 heteroatoms. The van der Waals surface area contributed by atoms with Gasteiger partial charge in [-0.15, -0.1) is 11.5 Å². The lowest BCUT2D eigenvalue weighted by molar-refractivity contribution is 0.0467. The van der Waals surface area contributed by atoms with Crippen molar-refractivity contribution in [1.29, 1.82) is 0 Å². The molecule has 0 aromatic carbocycles. The summed E-state index contributed by atoms with van der Waals surface area (Å²) in [4.78, 5) is 0. The second-order valence-corrected chi connectivity index (χ2v) is 17.5. The van der Waals surface area contributed by atoms with E-state index in [0.717, 1.165) is 0 Å². The standard InChI is InChI=1S/C15H32O3Si2/c1-15(2,3)20(7,8)18-12-13(14(17)11-16)9-10-19(4,5)6/h13-14,16-17H,11-12H2,1-8H3/t13-,14+/m1/s1. The SMILES string of the molecule is CC(C)(C)[Si](C)(C)OC[C@@H](C#C[Si](C)(C)C)[C@@H](O)CO. The van der Waals surface area contributed by atoms with Crippen molar-refractivity contribution in [3.05, 3.63) is 0 Å². The van der Waals surface area contributed by atoms with Crippen LogP contribution in [0.5, 0.6) is 0 Å². The Bertz CT molecular complexity index is 356. The predicted octanol–water partition coefficient (Wildman–Crippen LogP) is 2.86. The van der Waals surface area contributed by atoms with E-state index in [4.69, 9.17) is 4.43 Å². The van der Waals surface area contributed by atoms with Crippen LogP contribution in [0.15, 0.2) is 0 Å². The first kappa shape index (κ1) is 19.9. The van der Waals surface area contributed by atoms with Crippen LogP contribution in [0.25, 0.3) is 0 Å². The van der Waals surface area contributed by atoms with Gasteiger partial charge in [-0.3, -0.25) is 0 Å². The highest BCUT2D eigenvalue weighted by Gasteiger charge is 2.38. The number of hydrogen-bond donors (Lipinski definition) is 2. The van der Waals surface area contributed by atoms with Crippen LogP contribution in [0.4, 0.5) is 0 Å². The van der Waals surface area contributed by atoms with Crippen LogP contribution in [0.2, 0.25) is 37.8 Å². The minimum Gasteiger partial charge on any atom is -0.415 e. The van der Waals surface area contributed by atoms with Gasteiger partial charge in [0, 0.05) is 0 Å². The Morgan fingerprint density at radius 2 is 1.60 bits per heavy atom. The fourth-order valence-electron chi connectivity index (χ4n) is 1.20. The zero-order valence-electron chi connectivity index (χ0n) is 14.4. The number of rotatable bonds is 5. The van der Waals surface area contributed by atoms with Gasteiger partial charge in [0.05, 0.1) is 25.2 Å². The molecule has 118 valence electrons. The van der Waals surface area contributed by atoms with Gasteiger partial charge in [0.15, 0.2) is 8.32 Å². The van der Waals surface area contributed by atoms with Gasteiger partial charge in [-0.2, -0.15) is 0 Å². The molecule has 0 aromatic rings. The molecule has 0 aromatic heterocycles. The molecule has 0 spiro atoms. The third-order valence-electron chi connectivity index (χ3n) is 3.71. The van der Waals surface area contributed by atoms with E-state index in [1.54, 1.807) is 0 Å². The van der Waals surface area contributed by atoms with E-state index in [2.05, 4.69) is 65.0 Å². The lowest BCUT2D eigenvalue weighted by Gasteiger charge is -2.37. The summed E-state index contributed by atoms with van der Waals surface area (Å²) < 4.78 is 6.12. The topological polar surface area (TPSA) is 49.7 Å². The molecular formula is C15H32O3Si2. The van der Waals surface area contributed by atoms with Crippen LogP contribution in [0.1, 0.15) is 20.8 Å². The highest BCUT2D eigenvalue weighted by atomic mass is 28.4. The Hall–Kier alpha value is -0.126. The second kappa shape index (κ2) is 7.23. The summed E-state index contributed by atoms with van der Waals surface area (Å²) in [5.41, 5.74) is 3.27. The van der Waals surface area contributed by atoms with Crippen molar-refractivity contribution in [1.82, 2.24) is 0 Å². The summed E-state index contributed by atoms with van der Waals surface area (Å²) in [6.07, 6.45) is -0.830. The minimum absolute atomic E-state index is 0.133. The van der Waals surface area contributed by atoms with Crippen LogP contribution in [0, 0.1) is 17.4 Å². The summed E-state index contributed by atoms with van der Waals surface area (Å²) in [5.74, 6) is 2.83. The van der Waals surface area contributed by atoms with E-state index in [-0.39, 0.29) is 17.6 Å². The molecule has 3 nitrogen and oxygen atoms in total. The molecule has 0 heterocycles. The highest BCUT2D eigenvalue weighted by molar-refractivity contribution is 6.83. The van der Waals surface area contributed by atoms with E-state index in [0.29, 0.717) is 6.61 Å². The van der Waals surface area contributed by atoms with Gasteiger partial charge in [0.1, 0.15) is 8.07 Å². The largest absolute Gasteiger partial charge is 0.415 e. The maximum atomic E-state index is 9.91. The van der Waals surface area contributed by atoms with E-state index in [1.165, 1.54) is 0 Å². The number of hydrogen-bond acceptors (Lipinski definition) is 3. The van der Waals surface area contributed by atoms with Crippen LogP contribution < -0.4 is 0 Å². The van der Waals surface area contributed by atoms with Crippen molar-refractivity contribution in [2.45, 2.75) is 64.6 Å². The summed E-state index contributed by atoms with van der Waals surface area (Å²) in [6, 6.07) is 0. The fraction of sp³-hybridized carbons (Fsp3) is 0.867. The quantitative estimate of drug-likeness (QED) is 0.606. The van der Waals surface area contributed by atoms with Crippen LogP contribution in [-0.2, 0) is 4.43 Å². The van der Waals surface area contributed by atoms with E-state index in [9.17, 15) is 10.2 Å². The molecule has 2 atom stereocenters. The summed E-state index contributed by atoms with van der Waals surface area (Å²) >= 11 is 0. The molecule has 0 bridgehead atoms. The zero-order chi connectivity index (χ0) is 16.2. The van der Waals surface area contributed by atoms with Gasteiger partial charge in [-0.05, 0) is 18.1 Å². The van der Waals surface area contributed by atoms with Gasteiger partial charge in [0.25, 0.3) is 0 Å². The number of aliphatic hydroxyl groups is 2. The van der Waals surface area contributed by atoms with E-state index >= 15 is 0 Å². The van der Waals surface area contributed by atoms with Crippen molar-refractivity contribution in [3.8, 4) is 11.5 Å². The Kier molecular flexibility index (Phi) is 7.19. The molecule has 0 aliphatic heterocycles. The summed E-state index contributed by atoms with van der Waals surface area (Å²) in [7, 11) is -3.34. The van der Waals surface area contributed by atoms with Gasteiger partial charge >= 0.3 is 0 Å². The van der Waals surface area contributed by atoms with Gasteiger partial charge in [-0.25, -0.2) is 0 Å². The molecule has 0 aliphatic rings. The summed E-state index contributed by atoms with van der Waals surface area (Å²) in [6.45, 7) is 17.5. The first-order chi connectivity index (χ1) is 8.80. The van der Waals surface area contributed by atoms with Gasteiger partial charge in [0.2, 0.25) is 0 Å². The Morgan fingerprint density at radius 1 is 1.10 bits per heavy atom. The maximum absolute atomic E-state index is 9.91. The molecule has 0 radical (unpaired) electrons. The van der Waals surface area contributed by atoms with Crippen molar-refractivity contribution < 1.29 is 14.6 Å². The molecule has 0 fully saturated rings. The molecule has 0 saturated heterocycles. The predicted molar refractivity (Wildman–Crippen MR) is 90.9 cm³/mol. The van der Waals surface area contributed by atoms with E-state index in [1.807, 2.05) is 0 Å². The molecule has 0 amide bonds.